The minimum absolute atomic E-state index is 0.132. The number of carbonyl (C=O) groups is 4. The molecule has 0 fully saturated rings. The summed E-state index contributed by atoms with van der Waals surface area (Å²) in [4.78, 5) is 73.9. The molecule has 39 heavy (non-hydrogen) atoms. The Bertz CT molecular complexity index is 1440. The predicted octanol–water partition coefficient (Wildman–Crippen LogP) is 2.11. The number of benzene rings is 1. The van der Waals surface area contributed by atoms with Crippen LogP contribution in [0.2, 0.25) is 0 Å². The molecule has 0 radical (unpaired) electrons. The van der Waals surface area contributed by atoms with Gasteiger partial charge in [-0.25, -0.2) is 9.97 Å². The quantitative estimate of drug-likeness (QED) is 0.256. The van der Waals surface area contributed by atoms with E-state index in [0.717, 1.165) is 18.3 Å². The molecule has 1 aromatic carbocycles. The van der Waals surface area contributed by atoms with Crippen LogP contribution in [0.4, 0.5) is 24.8 Å². The smallest absolute Gasteiger partial charge is 0.352 e. The summed E-state index contributed by atoms with van der Waals surface area (Å²) >= 11 is 0. The highest BCUT2D eigenvalue weighted by molar-refractivity contribution is 5.98. The fourth-order valence-electron chi connectivity index (χ4n) is 3.23. The molecule has 0 saturated carbocycles. The fourth-order valence-corrected chi connectivity index (χ4v) is 3.23. The van der Waals surface area contributed by atoms with Crippen molar-refractivity contribution in [2.45, 2.75) is 39.4 Å². The van der Waals surface area contributed by atoms with Crippen LogP contribution < -0.4 is 21.1 Å². The first-order chi connectivity index (χ1) is 18.4. The summed E-state index contributed by atoms with van der Waals surface area (Å²) in [5.74, 6) is -3.68. The molecule has 0 aliphatic heterocycles. The Balaban J connectivity index is 1.87. The second kappa shape index (κ2) is 12.2. The third-order valence-corrected chi connectivity index (χ3v) is 5.27. The molecule has 0 atom stereocenters. The Morgan fingerprint density at radius 3 is 2.44 bits per heavy atom. The van der Waals surface area contributed by atoms with Gasteiger partial charge in [0.2, 0.25) is 11.9 Å². The summed E-state index contributed by atoms with van der Waals surface area (Å²) in [6.45, 7) is 2.80. The average molecular weight is 547 g/mol. The lowest BCUT2D eigenvalue weighted by Gasteiger charge is -2.23. The number of alkyl halides is 3. The van der Waals surface area contributed by atoms with Gasteiger partial charge in [-0.2, -0.15) is 18.2 Å². The molecule has 3 rings (SSSR count). The minimum Gasteiger partial charge on any atom is -0.352 e. The topological polar surface area (TPSA) is 167 Å². The SMILES string of the molecule is CC(C)C(=O)Nc1nc2ncc(CN(C(=O)C(F)(F)F)c3ccc(C(=O)NCCCC=O)cc3)nc2c(=O)[nH]1. The number of carbonyl (C=O) groups excluding carboxylic acids is 4. The maximum absolute atomic E-state index is 13.4. The molecule has 2 heterocycles. The summed E-state index contributed by atoms with van der Waals surface area (Å²) in [6.07, 6.45) is -2.77. The number of hydrogen-bond acceptors (Lipinski definition) is 8. The lowest BCUT2D eigenvalue weighted by molar-refractivity contribution is -0.170. The third kappa shape index (κ3) is 7.43. The van der Waals surface area contributed by atoms with Crippen molar-refractivity contribution in [3.05, 3.63) is 52.1 Å². The zero-order valence-electron chi connectivity index (χ0n) is 20.8. The third-order valence-electron chi connectivity index (χ3n) is 5.27. The zero-order chi connectivity index (χ0) is 28.7. The van der Waals surface area contributed by atoms with E-state index in [1.54, 1.807) is 13.8 Å². The predicted molar refractivity (Wildman–Crippen MR) is 133 cm³/mol. The van der Waals surface area contributed by atoms with E-state index in [1.165, 1.54) is 12.1 Å². The number of anilines is 2. The first-order valence-corrected chi connectivity index (χ1v) is 11.7. The number of hydrogen-bond donors (Lipinski definition) is 3. The number of aromatic amines is 1. The molecular formula is C24H24F3N7O5. The van der Waals surface area contributed by atoms with Crippen molar-refractivity contribution in [1.29, 1.82) is 0 Å². The van der Waals surface area contributed by atoms with Gasteiger partial charge < -0.3 is 10.1 Å². The molecular weight excluding hydrogens is 523 g/mol. The van der Waals surface area contributed by atoms with Crippen LogP contribution in [0, 0.1) is 5.92 Å². The molecule has 15 heteroatoms. The van der Waals surface area contributed by atoms with Crippen molar-refractivity contribution in [2.75, 3.05) is 16.8 Å². The summed E-state index contributed by atoms with van der Waals surface area (Å²) in [6, 6.07) is 4.82. The van der Waals surface area contributed by atoms with E-state index >= 15 is 0 Å². The molecule has 0 unspecified atom stereocenters. The van der Waals surface area contributed by atoms with E-state index in [4.69, 9.17) is 0 Å². The second-order valence-corrected chi connectivity index (χ2v) is 8.59. The number of rotatable bonds is 10. The molecule has 0 bridgehead atoms. The van der Waals surface area contributed by atoms with E-state index in [9.17, 15) is 37.1 Å². The van der Waals surface area contributed by atoms with Gasteiger partial charge in [0, 0.05) is 30.1 Å². The monoisotopic (exact) mass is 547 g/mol. The number of aromatic nitrogens is 4. The number of nitrogens with zero attached hydrogens (tertiary/aromatic N) is 4. The number of aldehydes is 1. The normalized spacial score (nSPS) is 11.3. The molecule has 3 aromatic rings. The lowest BCUT2D eigenvalue weighted by atomic mass is 10.1. The van der Waals surface area contributed by atoms with Gasteiger partial charge in [-0.1, -0.05) is 13.8 Å². The number of amides is 3. The zero-order valence-corrected chi connectivity index (χ0v) is 20.8. The molecule has 2 aromatic heterocycles. The van der Waals surface area contributed by atoms with E-state index in [-0.39, 0.29) is 47.0 Å². The van der Waals surface area contributed by atoms with Crippen LogP contribution in [0.5, 0.6) is 0 Å². The van der Waals surface area contributed by atoms with Crippen LogP contribution in [-0.4, -0.2) is 56.7 Å². The summed E-state index contributed by atoms with van der Waals surface area (Å²) < 4.78 is 40.2. The van der Waals surface area contributed by atoms with Gasteiger partial charge in [-0.15, -0.1) is 0 Å². The largest absolute Gasteiger partial charge is 0.471 e. The van der Waals surface area contributed by atoms with Crippen molar-refractivity contribution in [3.8, 4) is 0 Å². The van der Waals surface area contributed by atoms with Crippen LogP contribution in [-0.2, 0) is 20.9 Å². The lowest BCUT2D eigenvalue weighted by Crippen LogP contribution is -2.41. The Morgan fingerprint density at radius 1 is 1.13 bits per heavy atom. The van der Waals surface area contributed by atoms with Gasteiger partial charge in [0.15, 0.2) is 11.2 Å². The van der Waals surface area contributed by atoms with Crippen LogP contribution in [0.3, 0.4) is 0 Å². The van der Waals surface area contributed by atoms with Crippen LogP contribution in [0.1, 0.15) is 42.7 Å². The van der Waals surface area contributed by atoms with Crippen LogP contribution >= 0.6 is 0 Å². The van der Waals surface area contributed by atoms with Crippen molar-refractivity contribution in [2.24, 2.45) is 5.92 Å². The van der Waals surface area contributed by atoms with Crippen molar-refractivity contribution in [3.63, 3.8) is 0 Å². The van der Waals surface area contributed by atoms with Gasteiger partial charge in [-0.3, -0.25) is 34.4 Å². The fraction of sp³-hybridized carbons (Fsp3) is 0.333. The number of H-pyrrole nitrogens is 1. The maximum Gasteiger partial charge on any atom is 0.471 e. The number of nitrogens with one attached hydrogen (secondary N) is 3. The standard InChI is InChI=1S/C24H24F3N7O5/c1-13(2)19(36)32-23-31-18-17(21(38)33-23)30-15(11-29-18)12-34(22(39)24(25,26)27)16-7-5-14(6-8-16)20(37)28-9-3-4-10-35/h5-8,10-11,13H,3-4,9,12H2,1-2H3,(H,28,37)(H2,29,31,32,33,36,38). The Kier molecular flexibility index (Phi) is 9.06. The highest BCUT2D eigenvalue weighted by atomic mass is 19.4. The van der Waals surface area contributed by atoms with E-state index < -0.39 is 41.9 Å². The summed E-state index contributed by atoms with van der Waals surface area (Å²) in [7, 11) is 0. The molecule has 0 aliphatic rings. The van der Waals surface area contributed by atoms with Crippen molar-refractivity contribution >= 4 is 46.8 Å². The molecule has 0 saturated heterocycles. The van der Waals surface area contributed by atoms with E-state index in [0.29, 0.717) is 17.6 Å². The van der Waals surface area contributed by atoms with E-state index in [1.807, 2.05) is 0 Å². The second-order valence-electron chi connectivity index (χ2n) is 8.59. The van der Waals surface area contributed by atoms with Gasteiger partial charge >= 0.3 is 12.1 Å². The van der Waals surface area contributed by atoms with Crippen molar-refractivity contribution in [1.82, 2.24) is 25.3 Å². The minimum atomic E-state index is -5.23. The summed E-state index contributed by atoms with van der Waals surface area (Å²) in [5.41, 5.74) is -1.48. The summed E-state index contributed by atoms with van der Waals surface area (Å²) in [5, 5.41) is 4.98. The Morgan fingerprint density at radius 2 is 1.82 bits per heavy atom. The number of unbranched alkanes of at least 4 members (excludes halogenated alkanes) is 1. The molecule has 3 N–H and O–H groups in total. The average Bonchev–Trinajstić information content (AvgIpc) is 2.89. The molecule has 206 valence electrons. The van der Waals surface area contributed by atoms with Gasteiger partial charge in [0.1, 0.15) is 6.29 Å². The molecule has 0 aliphatic carbocycles. The van der Waals surface area contributed by atoms with E-state index in [2.05, 4.69) is 30.6 Å². The van der Waals surface area contributed by atoms with Crippen LogP contribution in [0.15, 0.2) is 35.3 Å². The highest BCUT2D eigenvalue weighted by Crippen LogP contribution is 2.26. The highest BCUT2D eigenvalue weighted by Gasteiger charge is 2.43. The first-order valence-electron chi connectivity index (χ1n) is 11.7. The van der Waals surface area contributed by atoms with Gasteiger partial charge in [-0.05, 0) is 30.7 Å². The Labute approximate surface area is 219 Å². The number of halogens is 3. The Hall–Kier alpha value is -4.69. The van der Waals surface area contributed by atoms with Crippen LogP contribution in [0.25, 0.3) is 11.2 Å². The molecule has 3 amide bonds. The van der Waals surface area contributed by atoms with Gasteiger partial charge in [0.25, 0.3) is 11.5 Å². The number of fused-ring (bicyclic) bond motifs is 1. The molecule has 12 nitrogen and oxygen atoms in total. The van der Waals surface area contributed by atoms with Gasteiger partial charge in [0.05, 0.1) is 18.4 Å². The molecule has 0 spiro atoms. The maximum atomic E-state index is 13.4. The first kappa shape index (κ1) is 28.9. The van der Waals surface area contributed by atoms with Crippen molar-refractivity contribution < 1.29 is 32.3 Å².